The molecule has 0 radical (unpaired) electrons. The Kier molecular flexibility index (Phi) is 5.55. The molecule has 0 bridgehead atoms. The molecule has 0 saturated carbocycles. The van der Waals surface area contributed by atoms with Crippen LogP contribution in [0.4, 0.5) is 4.39 Å². The fourth-order valence-electron chi connectivity index (χ4n) is 2.30. The van der Waals surface area contributed by atoms with Gasteiger partial charge in [-0.15, -0.1) is 11.3 Å². The van der Waals surface area contributed by atoms with Crippen molar-refractivity contribution in [2.24, 2.45) is 0 Å². The zero-order valence-corrected chi connectivity index (χ0v) is 16.0. The molecule has 0 unspecified atom stereocenters. The number of aromatic nitrogens is 1. The smallest absolute Gasteiger partial charge is 0.170 e. The van der Waals surface area contributed by atoms with E-state index in [0.717, 1.165) is 10.6 Å². The first kappa shape index (κ1) is 17.7. The highest BCUT2D eigenvalue weighted by molar-refractivity contribution is 9.10. The molecule has 0 N–H and O–H groups in total. The Morgan fingerprint density at radius 2 is 1.96 bits per heavy atom. The highest BCUT2D eigenvalue weighted by Gasteiger charge is 2.15. The van der Waals surface area contributed by atoms with Crippen LogP contribution in [0.2, 0.25) is 0 Å². The zero-order chi connectivity index (χ0) is 17.8. The van der Waals surface area contributed by atoms with Crippen LogP contribution < -0.4 is 14.2 Å². The number of benzene rings is 2. The molecular weight excluding hydrogens is 409 g/mol. The van der Waals surface area contributed by atoms with Crippen LogP contribution in [-0.4, -0.2) is 19.2 Å². The van der Waals surface area contributed by atoms with E-state index in [1.54, 1.807) is 26.4 Å². The van der Waals surface area contributed by atoms with Crippen molar-refractivity contribution < 1.29 is 18.6 Å². The van der Waals surface area contributed by atoms with E-state index in [4.69, 9.17) is 14.2 Å². The third kappa shape index (κ3) is 3.93. The molecule has 3 aromatic rings. The molecule has 1 aromatic heterocycles. The summed E-state index contributed by atoms with van der Waals surface area (Å²) >= 11 is 4.68. The summed E-state index contributed by atoms with van der Waals surface area (Å²) in [5, 5.41) is 2.66. The van der Waals surface area contributed by atoms with Gasteiger partial charge in [0.2, 0.25) is 0 Å². The van der Waals surface area contributed by atoms with Crippen molar-refractivity contribution in [2.45, 2.75) is 6.61 Å². The number of halogens is 2. The van der Waals surface area contributed by atoms with E-state index < -0.39 is 5.82 Å². The van der Waals surface area contributed by atoms with Crippen LogP contribution in [0.5, 0.6) is 17.2 Å². The SMILES string of the molecule is COc1cccc(-c2nc(COc3ccc(Br)cc3F)cs2)c1OC. The zero-order valence-electron chi connectivity index (χ0n) is 13.6. The predicted octanol–water partition coefficient (Wildman–Crippen LogP) is 5.31. The third-order valence-electron chi connectivity index (χ3n) is 3.45. The summed E-state index contributed by atoms with van der Waals surface area (Å²) in [6.45, 7) is 0.182. The molecule has 0 aliphatic carbocycles. The second-order valence-electron chi connectivity index (χ2n) is 5.05. The Hall–Kier alpha value is -2.12. The number of hydrogen-bond donors (Lipinski definition) is 0. The Morgan fingerprint density at radius 1 is 1.12 bits per heavy atom. The lowest BCUT2D eigenvalue weighted by Gasteiger charge is -2.10. The first-order chi connectivity index (χ1) is 12.1. The van der Waals surface area contributed by atoms with Crippen molar-refractivity contribution in [3.8, 4) is 27.8 Å². The number of hydrogen-bond acceptors (Lipinski definition) is 5. The van der Waals surface area contributed by atoms with Gasteiger partial charge in [-0.1, -0.05) is 22.0 Å². The minimum Gasteiger partial charge on any atom is -0.493 e. The van der Waals surface area contributed by atoms with Gasteiger partial charge in [-0.25, -0.2) is 9.37 Å². The van der Waals surface area contributed by atoms with Crippen LogP contribution in [0.1, 0.15) is 5.69 Å². The van der Waals surface area contributed by atoms with Crippen LogP contribution >= 0.6 is 27.3 Å². The van der Waals surface area contributed by atoms with Crippen LogP contribution in [0.15, 0.2) is 46.3 Å². The van der Waals surface area contributed by atoms with Gasteiger partial charge in [-0.3, -0.25) is 0 Å². The van der Waals surface area contributed by atoms with Crippen molar-refractivity contribution >= 4 is 27.3 Å². The van der Waals surface area contributed by atoms with Gasteiger partial charge >= 0.3 is 0 Å². The van der Waals surface area contributed by atoms with E-state index in [-0.39, 0.29) is 12.4 Å². The largest absolute Gasteiger partial charge is 0.493 e. The molecule has 0 saturated heterocycles. The molecule has 0 amide bonds. The lowest BCUT2D eigenvalue weighted by Crippen LogP contribution is -1.98. The molecule has 0 fully saturated rings. The van der Waals surface area contributed by atoms with Crippen LogP contribution in [0, 0.1) is 5.82 Å². The minimum atomic E-state index is -0.417. The van der Waals surface area contributed by atoms with Gasteiger partial charge in [-0.2, -0.15) is 0 Å². The summed E-state index contributed by atoms with van der Waals surface area (Å²) in [4.78, 5) is 4.55. The third-order valence-corrected chi connectivity index (χ3v) is 4.87. The van der Waals surface area contributed by atoms with Gasteiger partial charge in [-0.05, 0) is 30.3 Å². The van der Waals surface area contributed by atoms with Gasteiger partial charge in [0.25, 0.3) is 0 Å². The van der Waals surface area contributed by atoms with Crippen molar-refractivity contribution in [3.05, 3.63) is 57.8 Å². The Labute approximate surface area is 157 Å². The van der Waals surface area contributed by atoms with Crippen molar-refractivity contribution in [1.29, 1.82) is 0 Å². The monoisotopic (exact) mass is 423 g/mol. The number of methoxy groups -OCH3 is 2. The quantitative estimate of drug-likeness (QED) is 0.538. The number of nitrogens with zero attached hydrogens (tertiary/aromatic N) is 1. The highest BCUT2D eigenvalue weighted by atomic mass is 79.9. The van der Waals surface area contributed by atoms with Crippen LogP contribution in [0.25, 0.3) is 10.6 Å². The predicted molar refractivity (Wildman–Crippen MR) is 99.1 cm³/mol. The summed E-state index contributed by atoms with van der Waals surface area (Å²) in [6, 6.07) is 10.3. The molecule has 4 nitrogen and oxygen atoms in total. The number of thiazole rings is 1. The van der Waals surface area contributed by atoms with E-state index in [2.05, 4.69) is 20.9 Å². The normalized spacial score (nSPS) is 10.6. The first-order valence-electron chi connectivity index (χ1n) is 7.36. The molecule has 0 aliphatic heterocycles. The summed E-state index contributed by atoms with van der Waals surface area (Å²) in [5.41, 5.74) is 1.56. The molecule has 7 heteroatoms. The molecule has 0 aliphatic rings. The van der Waals surface area contributed by atoms with Gasteiger partial charge in [0.05, 0.1) is 25.5 Å². The fraction of sp³-hybridized carbons (Fsp3) is 0.167. The summed E-state index contributed by atoms with van der Waals surface area (Å²) < 4.78 is 30.7. The number of rotatable bonds is 6. The Balaban J connectivity index is 1.79. The molecule has 130 valence electrons. The molecule has 3 rings (SSSR count). The lowest BCUT2D eigenvalue weighted by atomic mass is 10.2. The summed E-state index contributed by atoms with van der Waals surface area (Å²) in [6.07, 6.45) is 0. The maximum Gasteiger partial charge on any atom is 0.170 e. The van der Waals surface area contributed by atoms with E-state index in [1.807, 2.05) is 23.6 Å². The number of para-hydroxylation sites is 1. The minimum absolute atomic E-state index is 0.182. The average Bonchev–Trinajstić information content (AvgIpc) is 3.09. The first-order valence-corrected chi connectivity index (χ1v) is 9.03. The van der Waals surface area contributed by atoms with Gasteiger partial charge < -0.3 is 14.2 Å². The van der Waals surface area contributed by atoms with E-state index >= 15 is 0 Å². The lowest BCUT2D eigenvalue weighted by molar-refractivity contribution is 0.286. The van der Waals surface area contributed by atoms with Crippen LogP contribution in [0.3, 0.4) is 0 Å². The van der Waals surface area contributed by atoms with E-state index in [9.17, 15) is 4.39 Å². The molecule has 2 aromatic carbocycles. The maximum absolute atomic E-state index is 13.8. The van der Waals surface area contributed by atoms with Crippen molar-refractivity contribution in [2.75, 3.05) is 14.2 Å². The van der Waals surface area contributed by atoms with E-state index in [0.29, 0.717) is 21.7 Å². The molecule has 0 atom stereocenters. The molecular formula is C18H15BrFNO3S. The average molecular weight is 424 g/mol. The summed E-state index contributed by atoms with van der Waals surface area (Å²) in [5.74, 6) is 1.05. The topological polar surface area (TPSA) is 40.6 Å². The van der Waals surface area contributed by atoms with Gasteiger partial charge in [0.15, 0.2) is 23.1 Å². The molecule has 1 heterocycles. The fourth-order valence-corrected chi connectivity index (χ4v) is 3.46. The van der Waals surface area contributed by atoms with Gasteiger partial charge in [0, 0.05) is 9.85 Å². The van der Waals surface area contributed by atoms with Gasteiger partial charge in [0.1, 0.15) is 11.6 Å². The standard InChI is InChI=1S/C18H15BrFNO3S/c1-22-16-5-3-4-13(17(16)23-2)18-21-12(10-25-18)9-24-15-7-6-11(19)8-14(15)20/h3-8,10H,9H2,1-2H3. The van der Waals surface area contributed by atoms with Crippen molar-refractivity contribution in [3.63, 3.8) is 0 Å². The van der Waals surface area contributed by atoms with Crippen LogP contribution in [-0.2, 0) is 6.61 Å². The molecule has 0 spiro atoms. The van der Waals surface area contributed by atoms with Crippen molar-refractivity contribution in [1.82, 2.24) is 4.98 Å². The maximum atomic E-state index is 13.8. The number of ether oxygens (including phenoxy) is 3. The molecule has 25 heavy (non-hydrogen) atoms. The second kappa shape index (κ2) is 7.84. The van der Waals surface area contributed by atoms with E-state index in [1.165, 1.54) is 17.4 Å². The second-order valence-corrected chi connectivity index (χ2v) is 6.82. The Morgan fingerprint density at radius 3 is 2.68 bits per heavy atom. The highest BCUT2D eigenvalue weighted by Crippen LogP contribution is 2.39. The Bertz CT molecular complexity index is 885. The summed E-state index contributed by atoms with van der Waals surface area (Å²) in [7, 11) is 3.19.